The van der Waals surface area contributed by atoms with Crippen molar-refractivity contribution in [1.29, 1.82) is 0 Å². The van der Waals surface area contributed by atoms with Crippen molar-refractivity contribution in [3.63, 3.8) is 0 Å². The summed E-state index contributed by atoms with van der Waals surface area (Å²) in [5.74, 6) is 0.808. The molecule has 5 nitrogen and oxygen atoms in total. The van der Waals surface area contributed by atoms with Crippen LogP contribution in [-0.4, -0.2) is 19.9 Å². The van der Waals surface area contributed by atoms with Crippen molar-refractivity contribution in [3.8, 4) is 11.4 Å². The Labute approximate surface area is 94.2 Å². The van der Waals surface area contributed by atoms with Crippen LogP contribution in [0, 0.1) is 0 Å². The van der Waals surface area contributed by atoms with E-state index in [0.717, 1.165) is 30.1 Å². The van der Waals surface area contributed by atoms with Crippen molar-refractivity contribution in [2.45, 2.75) is 25.8 Å². The van der Waals surface area contributed by atoms with Crippen LogP contribution in [0.25, 0.3) is 11.4 Å². The lowest BCUT2D eigenvalue weighted by Gasteiger charge is -2.05. The fraction of sp³-hybridized carbons (Fsp3) is 0.364. The van der Waals surface area contributed by atoms with Gasteiger partial charge in [0.05, 0.1) is 24.1 Å². The molecule has 0 spiro atoms. The number of rotatable bonds is 4. The molecule has 0 saturated carbocycles. The van der Waals surface area contributed by atoms with E-state index in [1.165, 1.54) is 0 Å². The van der Waals surface area contributed by atoms with Crippen molar-refractivity contribution in [1.82, 2.24) is 19.9 Å². The lowest BCUT2D eigenvalue weighted by Crippen LogP contribution is -2.11. The number of H-pyrrole nitrogens is 1. The van der Waals surface area contributed by atoms with Gasteiger partial charge in [0.2, 0.25) is 0 Å². The third-order valence-corrected chi connectivity index (χ3v) is 2.39. The van der Waals surface area contributed by atoms with E-state index in [0.29, 0.717) is 0 Å². The molecule has 16 heavy (non-hydrogen) atoms. The molecule has 0 bridgehead atoms. The highest BCUT2D eigenvalue weighted by Gasteiger charge is 2.10. The minimum absolute atomic E-state index is 0.0320. The third kappa shape index (κ3) is 2.25. The second-order valence-corrected chi connectivity index (χ2v) is 3.67. The SMILES string of the molecule is CCCC(N)c1ncc(-c2cnccn2)[nH]1. The van der Waals surface area contributed by atoms with Crippen LogP contribution in [0.1, 0.15) is 31.6 Å². The van der Waals surface area contributed by atoms with E-state index < -0.39 is 0 Å². The molecule has 0 aliphatic heterocycles. The smallest absolute Gasteiger partial charge is 0.123 e. The molecule has 84 valence electrons. The monoisotopic (exact) mass is 217 g/mol. The van der Waals surface area contributed by atoms with Gasteiger partial charge in [-0.05, 0) is 6.42 Å². The summed E-state index contributed by atoms with van der Waals surface area (Å²) in [5.41, 5.74) is 7.61. The van der Waals surface area contributed by atoms with E-state index in [1.54, 1.807) is 24.8 Å². The Kier molecular flexibility index (Phi) is 3.26. The molecule has 0 aromatic carbocycles. The van der Waals surface area contributed by atoms with E-state index in [9.17, 15) is 0 Å². The highest BCUT2D eigenvalue weighted by atomic mass is 15.0. The molecule has 0 radical (unpaired) electrons. The average molecular weight is 217 g/mol. The Balaban J connectivity index is 2.20. The molecule has 0 amide bonds. The molecular weight excluding hydrogens is 202 g/mol. The Bertz CT molecular complexity index is 437. The molecule has 1 atom stereocenters. The summed E-state index contributed by atoms with van der Waals surface area (Å²) in [6.07, 6.45) is 8.71. The Hall–Kier alpha value is -1.75. The maximum absolute atomic E-state index is 5.97. The summed E-state index contributed by atoms with van der Waals surface area (Å²) in [6.45, 7) is 2.10. The molecule has 2 rings (SSSR count). The first-order chi connectivity index (χ1) is 7.81. The highest BCUT2D eigenvalue weighted by molar-refractivity contribution is 5.51. The number of aromatic nitrogens is 4. The Morgan fingerprint density at radius 3 is 2.88 bits per heavy atom. The minimum Gasteiger partial charge on any atom is -0.339 e. The van der Waals surface area contributed by atoms with Crippen molar-refractivity contribution in [2.24, 2.45) is 5.73 Å². The molecule has 0 aliphatic carbocycles. The van der Waals surface area contributed by atoms with Crippen molar-refractivity contribution >= 4 is 0 Å². The summed E-state index contributed by atoms with van der Waals surface area (Å²) in [7, 11) is 0. The second kappa shape index (κ2) is 4.85. The summed E-state index contributed by atoms with van der Waals surface area (Å²) in [4.78, 5) is 15.6. The van der Waals surface area contributed by atoms with Crippen LogP contribution in [0.3, 0.4) is 0 Å². The van der Waals surface area contributed by atoms with Crippen molar-refractivity contribution < 1.29 is 0 Å². The first kappa shape index (κ1) is 10.8. The molecular formula is C11H15N5. The molecule has 2 heterocycles. The Morgan fingerprint density at radius 1 is 1.31 bits per heavy atom. The van der Waals surface area contributed by atoms with Crippen LogP contribution in [0.4, 0.5) is 0 Å². The lowest BCUT2D eigenvalue weighted by atomic mass is 10.2. The van der Waals surface area contributed by atoms with Gasteiger partial charge in [0.1, 0.15) is 11.5 Å². The minimum atomic E-state index is -0.0320. The first-order valence-corrected chi connectivity index (χ1v) is 5.38. The van der Waals surface area contributed by atoms with Gasteiger partial charge in [0.15, 0.2) is 0 Å². The van der Waals surface area contributed by atoms with Crippen LogP contribution in [0.2, 0.25) is 0 Å². The number of aromatic amines is 1. The van der Waals surface area contributed by atoms with Crippen LogP contribution in [0.5, 0.6) is 0 Å². The van der Waals surface area contributed by atoms with E-state index in [-0.39, 0.29) is 6.04 Å². The molecule has 3 N–H and O–H groups in total. The van der Waals surface area contributed by atoms with Gasteiger partial charge in [0.25, 0.3) is 0 Å². The molecule has 2 aromatic heterocycles. The third-order valence-electron chi connectivity index (χ3n) is 2.39. The Morgan fingerprint density at radius 2 is 2.19 bits per heavy atom. The van der Waals surface area contributed by atoms with Crippen LogP contribution >= 0.6 is 0 Å². The number of hydrogen-bond acceptors (Lipinski definition) is 4. The molecule has 5 heteroatoms. The van der Waals surface area contributed by atoms with Crippen molar-refractivity contribution in [2.75, 3.05) is 0 Å². The molecule has 1 unspecified atom stereocenters. The zero-order valence-corrected chi connectivity index (χ0v) is 9.22. The van der Waals surface area contributed by atoms with E-state index >= 15 is 0 Å². The van der Waals surface area contributed by atoms with Gasteiger partial charge in [-0.2, -0.15) is 0 Å². The van der Waals surface area contributed by atoms with E-state index in [1.807, 2.05) is 0 Å². The van der Waals surface area contributed by atoms with Crippen LogP contribution in [0.15, 0.2) is 24.8 Å². The standard InChI is InChI=1S/C11H15N5/c1-2-3-8(12)11-15-7-10(16-11)9-6-13-4-5-14-9/h4-8H,2-3,12H2,1H3,(H,15,16). The maximum Gasteiger partial charge on any atom is 0.123 e. The average Bonchev–Trinajstić information content (AvgIpc) is 2.80. The largest absolute Gasteiger partial charge is 0.339 e. The zero-order valence-electron chi connectivity index (χ0n) is 9.22. The van der Waals surface area contributed by atoms with Gasteiger partial charge < -0.3 is 10.7 Å². The quantitative estimate of drug-likeness (QED) is 0.816. The summed E-state index contributed by atoms with van der Waals surface area (Å²) in [5, 5.41) is 0. The van der Waals surface area contributed by atoms with Gasteiger partial charge in [-0.15, -0.1) is 0 Å². The van der Waals surface area contributed by atoms with Crippen LogP contribution < -0.4 is 5.73 Å². The number of nitrogens with one attached hydrogen (secondary N) is 1. The predicted octanol–water partition coefficient (Wildman–Crippen LogP) is 1.67. The topological polar surface area (TPSA) is 80.5 Å². The van der Waals surface area contributed by atoms with Gasteiger partial charge in [-0.1, -0.05) is 13.3 Å². The predicted molar refractivity (Wildman–Crippen MR) is 61.5 cm³/mol. The zero-order chi connectivity index (χ0) is 11.4. The normalized spacial score (nSPS) is 12.6. The van der Waals surface area contributed by atoms with Gasteiger partial charge in [-0.3, -0.25) is 9.97 Å². The summed E-state index contributed by atoms with van der Waals surface area (Å²) >= 11 is 0. The number of hydrogen-bond donors (Lipinski definition) is 2. The molecule has 2 aromatic rings. The second-order valence-electron chi connectivity index (χ2n) is 3.67. The number of nitrogens with zero attached hydrogens (tertiary/aromatic N) is 3. The highest BCUT2D eigenvalue weighted by Crippen LogP contribution is 2.17. The number of nitrogens with two attached hydrogens (primary N) is 1. The fourth-order valence-corrected chi connectivity index (χ4v) is 1.54. The van der Waals surface area contributed by atoms with Gasteiger partial charge in [0, 0.05) is 12.4 Å². The maximum atomic E-state index is 5.97. The van der Waals surface area contributed by atoms with Crippen molar-refractivity contribution in [3.05, 3.63) is 30.6 Å². The number of imidazole rings is 1. The molecule has 0 fully saturated rings. The molecule has 0 saturated heterocycles. The lowest BCUT2D eigenvalue weighted by molar-refractivity contribution is 0.609. The summed E-state index contributed by atoms with van der Waals surface area (Å²) < 4.78 is 0. The van der Waals surface area contributed by atoms with Gasteiger partial charge >= 0.3 is 0 Å². The van der Waals surface area contributed by atoms with Gasteiger partial charge in [-0.25, -0.2) is 4.98 Å². The summed E-state index contributed by atoms with van der Waals surface area (Å²) in [6, 6.07) is -0.0320. The van der Waals surface area contributed by atoms with E-state index in [2.05, 4.69) is 26.9 Å². The first-order valence-electron chi connectivity index (χ1n) is 5.38. The van der Waals surface area contributed by atoms with Crippen LogP contribution in [-0.2, 0) is 0 Å². The fourth-order valence-electron chi connectivity index (χ4n) is 1.54. The van der Waals surface area contributed by atoms with E-state index in [4.69, 9.17) is 5.73 Å². The molecule has 0 aliphatic rings.